The van der Waals surface area contributed by atoms with E-state index in [2.05, 4.69) is 9.97 Å². The summed E-state index contributed by atoms with van der Waals surface area (Å²) in [5.74, 6) is 4.16. The van der Waals surface area contributed by atoms with Crippen molar-refractivity contribution in [3.8, 4) is 5.75 Å². The Labute approximate surface area is 140 Å². The Bertz CT molecular complexity index is 849. The second-order valence-electron chi connectivity index (χ2n) is 7.35. The van der Waals surface area contributed by atoms with Gasteiger partial charge in [-0.15, -0.1) is 0 Å². The SMILES string of the molecule is O=C(CC1CC(C2=CB(O)Oc3cnc4[nH]ccc4c32)C1)C1CC1. The highest BCUT2D eigenvalue weighted by atomic mass is 16.5. The van der Waals surface area contributed by atoms with Gasteiger partial charge in [0, 0.05) is 29.5 Å². The molecule has 0 radical (unpaired) electrons. The lowest BCUT2D eigenvalue weighted by molar-refractivity contribution is -0.121. The molecule has 5 rings (SSSR count). The van der Waals surface area contributed by atoms with E-state index in [0.717, 1.165) is 54.3 Å². The van der Waals surface area contributed by atoms with Crippen molar-refractivity contribution in [1.82, 2.24) is 9.97 Å². The molecule has 0 atom stereocenters. The Morgan fingerprint density at radius 3 is 3.04 bits per heavy atom. The van der Waals surface area contributed by atoms with Crippen LogP contribution in [-0.4, -0.2) is 27.9 Å². The Morgan fingerprint density at radius 2 is 2.25 bits per heavy atom. The molecule has 122 valence electrons. The van der Waals surface area contributed by atoms with Crippen LogP contribution < -0.4 is 4.65 Å². The second-order valence-corrected chi connectivity index (χ2v) is 7.35. The number of H-pyrrole nitrogens is 1. The Kier molecular flexibility index (Phi) is 3.10. The average molecular weight is 322 g/mol. The van der Waals surface area contributed by atoms with Crippen LogP contribution in [0.1, 0.15) is 37.7 Å². The summed E-state index contributed by atoms with van der Waals surface area (Å²) in [5, 5.41) is 11.1. The van der Waals surface area contributed by atoms with Gasteiger partial charge < -0.3 is 14.7 Å². The number of hydrogen-bond donors (Lipinski definition) is 2. The highest BCUT2D eigenvalue weighted by Crippen LogP contribution is 2.49. The van der Waals surface area contributed by atoms with Crippen LogP contribution in [0, 0.1) is 17.8 Å². The lowest BCUT2D eigenvalue weighted by Gasteiger charge is -2.38. The van der Waals surface area contributed by atoms with Crippen molar-refractivity contribution in [1.29, 1.82) is 0 Å². The van der Waals surface area contributed by atoms with Gasteiger partial charge in [-0.2, -0.15) is 0 Å². The van der Waals surface area contributed by atoms with E-state index in [1.54, 1.807) is 6.20 Å². The maximum atomic E-state index is 12.0. The maximum absolute atomic E-state index is 12.0. The quantitative estimate of drug-likeness (QED) is 0.849. The number of Topliss-reactive ketones (excluding diaryl/α,β-unsaturated/α-hetero) is 1. The number of aromatic amines is 1. The van der Waals surface area contributed by atoms with Crippen LogP contribution in [0.25, 0.3) is 16.6 Å². The molecule has 0 saturated heterocycles. The van der Waals surface area contributed by atoms with Gasteiger partial charge in [-0.1, -0.05) is 0 Å². The average Bonchev–Trinajstić information content (AvgIpc) is 3.27. The zero-order valence-electron chi connectivity index (χ0n) is 13.4. The van der Waals surface area contributed by atoms with E-state index in [1.165, 1.54) is 0 Å². The summed E-state index contributed by atoms with van der Waals surface area (Å²) < 4.78 is 5.54. The van der Waals surface area contributed by atoms with Gasteiger partial charge in [-0.3, -0.25) is 4.79 Å². The maximum Gasteiger partial charge on any atom is 0.552 e. The molecular formula is C18H19BN2O3. The van der Waals surface area contributed by atoms with Crippen LogP contribution in [0.5, 0.6) is 5.75 Å². The molecule has 2 aromatic heterocycles. The number of nitrogens with one attached hydrogen (secondary N) is 1. The molecule has 2 N–H and O–H groups in total. The van der Waals surface area contributed by atoms with Crippen LogP contribution in [0.15, 0.2) is 24.4 Å². The smallest absolute Gasteiger partial charge is 0.531 e. The van der Waals surface area contributed by atoms with E-state index in [4.69, 9.17) is 4.65 Å². The topological polar surface area (TPSA) is 75.2 Å². The first-order chi connectivity index (χ1) is 11.7. The van der Waals surface area contributed by atoms with Crippen LogP contribution >= 0.6 is 0 Å². The van der Waals surface area contributed by atoms with Crippen molar-refractivity contribution < 1.29 is 14.5 Å². The number of ketones is 1. The largest absolute Gasteiger partial charge is 0.552 e. The lowest BCUT2D eigenvalue weighted by Crippen LogP contribution is -2.31. The van der Waals surface area contributed by atoms with Crippen molar-refractivity contribution in [2.24, 2.45) is 17.8 Å². The van der Waals surface area contributed by atoms with Gasteiger partial charge in [0.25, 0.3) is 0 Å². The van der Waals surface area contributed by atoms with Crippen molar-refractivity contribution in [3.05, 3.63) is 30.0 Å². The van der Waals surface area contributed by atoms with E-state index in [-0.39, 0.29) is 0 Å². The molecular weight excluding hydrogens is 303 g/mol. The van der Waals surface area contributed by atoms with Gasteiger partial charge in [0.05, 0.1) is 6.20 Å². The molecule has 1 aliphatic heterocycles. The van der Waals surface area contributed by atoms with Crippen molar-refractivity contribution in [2.75, 3.05) is 0 Å². The zero-order valence-corrected chi connectivity index (χ0v) is 13.4. The molecule has 2 fully saturated rings. The van der Waals surface area contributed by atoms with Gasteiger partial charge in [-0.25, -0.2) is 4.98 Å². The van der Waals surface area contributed by atoms with Crippen molar-refractivity contribution in [3.63, 3.8) is 0 Å². The fourth-order valence-electron chi connectivity index (χ4n) is 4.13. The normalized spacial score (nSPS) is 25.7. The van der Waals surface area contributed by atoms with Crippen LogP contribution in [0.3, 0.4) is 0 Å². The fourth-order valence-corrected chi connectivity index (χ4v) is 4.13. The van der Waals surface area contributed by atoms with Crippen LogP contribution in [0.4, 0.5) is 0 Å². The van der Waals surface area contributed by atoms with Crippen molar-refractivity contribution >= 4 is 29.5 Å². The van der Waals surface area contributed by atoms with Gasteiger partial charge in [0.15, 0.2) is 0 Å². The monoisotopic (exact) mass is 322 g/mol. The van der Waals surface area contributed by atoms with Crippen LogP contribution in [0.2, 0.25) is 0 Å². The molecule has 0 unspecified atom stereocenters. The number of nitrogens with zero attached hydrogens (tertiary/aromatic N) is 1. The summed E-state index contributed by atoms with van der Waals surface area (Å²) in [7, 11) is -0.919. The first-order valence-electron chi connectivity index (χ1n) is 8.74. The van der Waals surface area contributed by atoms with E-state index in [1.807, 2.05) is 18.2 Å². The van der Waals surface area contributed by atoms with Crippen molar-refractivity contribution in [2.45, 2.75) is 32.1 Å². The molecule has 6 heteroatoms. The molecule has 0 aromatic carbocycles. The van der Waals surface area contributed by atoms with Gasteiger partial charge in [-0.05, 0) is 55.1 Å². The summed E-state index contributed by atoms with van der Waals surface area (Å²) in [4.78, 5) is 19.5. The first-order valence-corrected chi connectivity index (χ1v) is 8.74. The molecule has 5 nitrogen and oxygen atoms in total. The Balaban J connectivity index is 1.40. The Morgan fingerprint density at radius 1 is 1.42 bits per heavy atom. The minimum Gasteiger partial charge on any atom is -0.531 e. The minimum atomic E-state index is -0.919. The zero-order chi connectivity index (χ0) is 16.3. The predicted octanol–water partition coefficient (Wildman–Crippen LogP) is 2.75. The Hall–Kier alpha value is -2.08. The van der Waals surface area contributed by atoms with E-state index < -0.39 is 7.12 Å². The minimum absolute atomic E-state index is 0.361. The number of aromatic nitrogens is 2. The summed E-state index contributed by atoms with van der Waals surface area (Å²) >= 11 is 0. The number of hydrogen-bond acceptors (Lipinski definition) is 4. The predicted molar refractivity (Wildman–Crippen MR) is 91.2 cm³/mol. The molecule has 3 heterocycles. The van der Waals surface area contributed by atoms with E-state index >= 15 is 0 Å². The third-order valence-corrected chi connectivity index (χ3v) is 5.61. The van der Waals surface area contributed by atoms with Gasteiger partial charge in [0.2, 0.25) is 0 Å². The molecule has 24 heavy (non-hydrogen) atoms. The van der Waals surface area contributed by atoms with E-state index in [0.29, 0.717) is 29.3 Å². The number of carbonyl (C=O) groups is 1. The highest BCUT2D eigenvalue weighted by molar-refractivity contribution is 6.52. The molecule has 2 aromatic rings. The fraction of sp³-hybridized carbons (Fsp3) is 0.444. The van der Waals surface area contributed by atoms with Gasteiger partial charge >= 0.3 is 7.12 Å². The summed E-state index contributed by atoms with van der Waals surface area (Å²) in [6.45, 7) is 0. The highest BCUT2D eigenvalue weighted by Gasteiger charge is 2.40. The molecule has 2 aliphatic carbocycles. The van der Waals surface area contributed by atoms with Gasteiger partial charge in [0.1, 0.15) is 17.2 Å². The number of fused-ring (bicyclic) bond motifs is 3. The van der Waals surface area contributed by atoms with E-state index in [9.17, 15) is 9.82 Å². The standard InChI is InChI=1S/C18H19BN2O3/c22-15(11-1-2-11)7-10-5-12(6-10)14-8-19(23)24-16-9-21-18-13(17(14)16)3-4-20-18/h3-4,8-12,23H,1-2,5-7H2,(H,20,21). The number of rotatable bonds is 4. The second kappa shape index (κ2) is 5.21. The molecule has 0 amide bonds. The summed E-state index contributed by atoms with van der Waals surface area (Å²) in [6.07, 6.45) is 8.51. The lowest BCUT2D eigenvalue weighted by atomic mass is 9.64. The number of allylic oxidation sites excluding steroid dienone is 1. The van der Waals surface area contributed by atoms with Crippen LogP contribution in [-0.2, 0) is 4.79 Å². The first kappa shape index (κ1) is 14.3. The molecule has 0 spiro atoms. The molecule has 2 saturated carbocycles. The number of carbonyl (C=O) groups excluding carboxylic acids is 1. The molecule has 0 bridgehead atoms. The molecule has 3 aliphatic rings. The summed E-state index contributed by atoms with van der Waals surface area (Å²) in [5.41, 5.74) is 3.02. The summed E-state index contributed by atoms with van der Waals surface area (Å²) in [6, 6.07) is 2.00. The third-order valence-electron chi connectivity index (χ3n) is 5.61. The number of pyridine rings is 1. The third kappa shape index (κ3) is 2.28.